The predicted molar refractivity (Wildman–Crippen MR) is 85.5 cm³/mol. The molecule has 0 unspecified atom stereocenters. The fourth-order valence-electron chi connectivity index (χ4n) is 1.96. The van der Waals surface area contributed by atoms with Crippen molar-refractivity contribution in [1.29, 1.82) is 0 Å². The summed E-state index contributed by atoms with van der Waals surface area (Å²) in [6.07, 6.45) is 1.66. The second-order valence-electron chi connectivity index (χ2n) is 5.07. The summed E-state index contributed by atoms with van der Waals surface area (Å²) < 4.78 is 29.0. The van der Waals surface area contributed by atoms with Gasteiger partial charge in [0.05, 0.1) is 27.8 Å². The Kier molecular flexibility index (Phi) is 4.55. The van der Waals surface area contributed by atoms with Crippen molar-refractivity contribution in [3.05, 3.63) is 45.7 Å². The van der Waals surface area contributed by atoms with E-state index in [1.54, 1.807) is 37.1 Å². The number of sulfonamides is 1. The number of aromatic nitrogens is 2. The van der Waals surface area contributed by atoms with Crippen LogP contribution in [0.1, 0.15) is 16.8 Å². The van der Waals surface area contributed by atoms with Crippen molar-refractivity contribution in [3.8, 4) is 0 Å². The van der Waals surface area contributed by atoms with Crippen LogP contribution < -0.4 is 0 Å². The van der Waals surface area contributed by atoms with Crippen LogP contribution in [0.4, 0.5) is 0 Å². The monoisotopic (exact) mass is 371 g/mol. The third kappa shape index (κ3) is 3.20. The van der Waals surface area contributed by atoms with Crippen molar-refractivity contribution in [3.63, 3.8) is 0 Å². The molecule has 0 amide bonds. The van der Waals surface area contributed by atoms with Gasteiger partial charge in [-0.15, -0.1) is 0 Å². The summed E-state index contributed by atoms with van der Waals surface area (Å²) in [5.74, 6) is 0. The minimum absolute atomic E-state index is 0.256. The van der Waals surface area contributed by atoms with Gasteiger partial charge in [-0.25, -0.2) is 8.42 Å². The maximum Gasteiger partial charge on any atom is 0.243 e. The lowest BCUT2D eigenvalue weighted by Crippen LogP contribution is -2.27. The van der Waals surface area contributed by atoms with Crippen LogP contribution in [-0.2, 0) is 23.6 Å². The molecule has 2 aromatic rings. The van der Waals surface area contributed by atoms with Crippen LogP contribution in [0.5, 0.6) is 0 Å². The van der Waals surface area contributed by atoms with Crippen molar-refractivity contribution >= 4 is 26.0 Å². The molecule has 0 N–H and O–H groups in total. The largest absolute Gasteiger partial charge is 0.270 e. The van der Waals surface area contributed by atoms with E-state index in [4.69, 9.17) is 0 Å². The Morgan fingerprint density at radius 1 is 1.29 bits per heavy atom. The molecule has 0 saturated heterocycles. The molecule has 0 fully saturated rings. The van der Waals surface area contributed by atoms with E-state index in [9.17, 15) is 8.42 Å². The quantitative estimate of drug-likeness (QED) is 0.829. The average molecular weight is 372 g/mol. The van der Waals surface area contributed by atoms with Gasteiger partial charge in [0.2, 0.25) is 10.0 Å². The fourth-order valence-corrected chi connectivity index (χ4v) is 3.66. The van der Waals surface area contributed by atoms with E-state index in [1.165, 1.54) is 4.31 Å². The molecule has 0 aliphatic rings. The lowest BCUT2D eigenvalue weighted by Gasteiger charge is -2.18. The Balaban J connectivity index is 2.32. The summed E-state index contributed by atoms with van der Waals surface area (Å²) in [4.78, 5) is 0.311. The molecule has 0 saturated carbocycles. The number of halogens is 1. The van der Waals surface area contributed by atoms with E-state index in [1.807, 2.05) is 19.9 Å². The van der Waals surface area contributed by atoms with Gasteiger partial charge in [-0.1, -0.05) is 6.07 Å². The molecule has 1 aromatic carbocycles. The molecule has 0 spiro atoms. The number of hydrogen-bond donors (Lipinski definition) is 0. The van der Waals surface area contributed by atoms with Crippen LogP contribution in [0.25, 0.3) is 0 Å². The van der Waals surface area contributed by atoms with Crippen LogP contribution in [-0.4, -0.2) is 29.6 Å². The molecule has 7 heteroatoms. The first-order chi connectivity index (χ1) is 9.73. The molecular weight excluding hydrogens is 354 g/mol. The molecule has 0 bridgehead atoms. The van der Waals surface area contributed by atoms with Gasteiger partial charge in [0.1, 0.15) is 0 Å². The molecule has 114 valence electrons. The fraction of sp³-hybridized carbons (Fsp3) is 0.357. The topological polar surface area (TPSA) is 55.2 Å². The van der Waals surface area contributed by atoms with E-state index in [2.05, 4.69) is 21.0 Å². The highest BCUT2D eigenvalue weighted by atomic mass is 79.9. The minimum Gasteiger partial charge on any atom is -0.270 e. The first-order valence-electron chi connectivity index (χ1n) is 6.43. The summed E-state index contributed by atoms with van der Waals surface area (Å²) in [6.45, 7) is 4.13. The van der Waals surface area contributed by atoms with Gasteiger partial charge in [0.15, 0.2) is 0 Å². The van der Waals surface area contributed by atoms with Crippen molar-refractivity contribution in [2.75, 3.05) is 7.05 Å². The van der Waals surface area contributed by atoms with Crippen molar-refractivity contribution in [2.24, 2.45) is 7.05 Å². The Labute approximate surface area is 133 Å². The van der Waals surface area contributed by atoms with Gasteiger partial charge in [-0.05, 0) is 53.0 Å². The van der Waals surface area contributed by atoms with Gasteiger partial charge in [0.25, 0.3) is 0 Å². The van der Waals surface area contributed by atoms with Gasteiger partial charge in [-0.2, -0.15) is 9.40 Å². The third-order valence-corrected chi connectivity index (χ3v) is 6.03. The van der Waals surface area contributed by atoms with Gasteiger partial charge in [-0.3, -0.25) is 4.68 Å². The van der Waals surface area contributed by atoms with E-state index in [-0.39, 0.29) is 6.54 Å². The first-order valence-corrected chi connectivity index (χ1v) is 8.66. The second-order valence-corrected chi connectivity index (χ2v) is 7.97. The minimum atomic E-state index is -3.52. The van der Waals surface area contributed by atoms with Crippen LogP contribution in [0, 0.1) is 13.8 Å². The van der Waals surface area contributed by atoms with Crippen LogP contribution in [0.3, 0.4) is 0 Å². The standard InChI is InChI=1S/C14H18BrN3O2S/c1-10-5-6-12(7-11(10)2)21(19,20)17(3)9-14-13(15)8-16-18(14)4/h5-8H,9H2,1-4H3. The molecule has 1 aromatic heterocycles. The van der Waals surface area contributed by atoms with Gasteiger partial charge >= 0.3 is 0 Å². The first kappa shape index (κ1) is 16.2. The van der Waals surface area contributed by atoms with Gasteiger partial charge < -0.3 is 0 Å². The Hall–Kier alpha value is -1.18. The SMILES string of the molecule is Cc1ccc(S(=O)(=O)N(C)Cc2c(Br)cnn2C)cc1C. The van der Waals surface area contributed by atoms with Crippen molar-refractivity contribution < 1.29 is 8.42 Å². The summed E-state index contributed by atoms with van der Waals surface area (Å²) >= 11 is 3.38. The molecule has 0 aliphatic carbocycles. The predicted octanol–water partition coefficient (Wildman–Crippen LogP) is 2.62. The zero-order valence-corrected chi connectivity index (χ0v) is 14.9. The van der Waals surface area contributed by atoms with Crippen molar-refractivity contribution in [1.82, 2.24) is 14.1 Å². The van der Waals surface area contributed by atoms with Crippen LogP contribution >= 0.6 is 15.9 Å². The van der Waals surface area contributed by atoms with E-state index in [0.29, 0.717) is 4.90 Å². The molecule has 2 rings (SSSR count). The lowest BCUT2D eigenvalue weighted by atomic mass is 10.1. The number of benzene rings is 1. The second kappa shape index (κ2) is 5.90. The molecule has 0 aliphatic heterocycles. The highest BCUT2D eigenvalue weighted by Gasteiger charge is 2.23. The zero-order valence-electron chi connectivity index (χ0n) is 12.5. The van der Waals surface area contributed by atoms with Crippen molar-refractivity contribution in [2.45, 2.75) is 25.3 Å². The number of rotatable bonds is 4. The Bertz CT molecular complexity index is 749. The molecule has 1 heterocycles. The number of hydrogen-bond acceptors (Lipinski definition) is 3. The molecule has 21 heavy (non-hydrogen) atoms. The smallest absolute Gasteiger partial charge is 0.243 e. The van der Waals surface area contributed by atoms with Crippen LogP contribution in [0.2, 0.25) is 0 Å². The Morgan fingerprint density at radius 2 is 1.95 bits per heavy atom. The molecule has 0 atom stereocenters. The van der Waals surface area contributed by atoms with E-state index >= 15 is 0 Å². The van der Waals surface area contributed by atoms with E-state index in [0.717, 1.165) is 21.3 Å². The normalized spacial score (nSPS) is 12.1. The summed E-state index contributed by atoms with van der Waals surface area (Å²) in [7, 11) is -0.155. The zero-order chi connectivity index (χ0) is 15.8. The summed E-state index contributed by atoms with van der Waals surface area (Å²) in [6, 6.07) is 5.18. The maximum absolute atomic E-state index is 12.6. The third-order valence-electron chi connectivity index (χ3n) is 3.57. The number of nitrogens with zero attached hydrogens (tertiary/aromatic N) is 3. The lowest BCUT2D eigenvalue weighted by molar-refractivity contribution is 0.452. The average Bonchev–Trinajstić information content (AvgIpc) is 2.73. The number of aryl methyl sites for hydroxylation is 3. The molecule has 0 radical (unpaired) electrons. The highest BCUT2D eigenvalue weighted by Crippen LogP contribution is 2.22. The molecule has 5 nitrogen and oxygen atoms in total. The van der Waals surface area contributed by atoms with E-state index < -0.39 is 10.0 Å². The van der Waals surface area contributed by atoms with Crippen LogP contribution in [0.15, 0.2) is 33.8 Å². The molecular formula is C14H18BrN3O2S. The summed E-state index contributed by atoms with van der Waals surface area (Å²) in [5, 5.41) is 4.10. The highest BCUT2D eigenvalue weighted by molar-refractivity contribution is 9.10. The summed E-state index contributed by atoms with van der Waals surface area (Å²) in [5.41, 5.74) is 2.85. The maximum atomic E-state index is 12.6. The Morgan fingerprint density at radius 3 is 2.48 bits per heavy atom. The van der Waals surface area contributed by atoms with Gasteiger partial charge in [0, 0.05) is 14.1 Å².